The number of hydrogen-bond acceptors (Lipinski definition) is 2. The third kappa shape index (κ3) is 3.10. The molecule has 2 aromatic rings. The molecule has 2 nitrogen and oxygen atoms in total. The molecule has 0 bridgehead atoms. The lowest BCUT2D eigenvalue weighted by Gasteiger charge is -2.14. The molecule has 0 aliphatic heterocycles. The zero-order valence-corrected chi connectivity index (χ0v) is 10.9. The summed E-state index contributed by atoms with van der Waals surface area (Å²) in [5, 5.41) is 4.56. The van der Waals surface area contributed by atoms with Gasteiger partial charge in [0.2, 0.25) is 0 Å². The highest BCUT2D eigenvalue weighted by atomic mass is 35.5. The van der Waals surface area contributed by atoms with E-state index in [1.54, 1.807) is 0 Å². The molecule has 0 saturated carbocycles. The second-order valence-electron chi connectivity index (χ2n) is 4.53. The predicted octanol–water partition coefficient (Wildman–Crippen LogP) is 3.91. The highest BCUT2D eigenvalue weighted by Gasteiger charge is 2.09. The Hall–Kier alpha value is -1.28. The van der Waals surface area contributed by atoms with Crippen molar-refractivity contribution in [3.8, 4) is 0 Å². The molecule has 0 amide bonds. The standard InChI is InChI=1S/C14H17ClN2/c1-10(2)12(15)9-16-14-8-7-11-5-3-4-6-13(11)17-14/h3-8,10,12H,9H2,1-2H3,(H,16,17). The van der Waals surface area contributed by atoms with Gasteiger partial charge < -0.3 is 5.32 Å². The van der Waals surface area contributed by atoms with Gasteiger partial charge in [-0.3, -0.25) is 0 Å². The van der Waals surface area contributed by atoms with E-state index < -0.39 is 0 Å². The van der Waals surface area contributed by atoms with Crippen molar-refractivity contribution in [2.24, 2.45) is 5.92 Å². The van der Waals surface area contributed by atoms with E-state index in [9.17, 15) is 0 Å². The first-order valence-corrected chi connectivity index (χ1v) is 6.34. The molecule has 0 radical (unpaired) electrons. The van der Waals surface area contributed by atoms with Crippen molar-refractivity contribution in [1.82, 2.24) is 4.98 Å². The van der Waals surface area contributed by atoms with Crippen molar-refractivity contribution in [2.45, 2.75) is 19.2 Å². The fraction of sp³-hybridized carbons (Fsp3) is 0.357. The maximum absolute atomic E-state index is 6.19. The number of anilines is 1. The van der Waals surface area contributed by atoms with Crippen LogP contribution in [0.3, 0.4) is 0 Å². The largest absolute Gasteiger partial charge is 0.369 e. The van der Waals surface area contributed by atoms with Crippen LogP contribution in [0.15, 0.2) is 36.4 Å². The second kappa shape index (κ2) is 5.37. The fourth-order valence-electron chi connectivity index (χ4n) is 1.60. The Bertz CT molecular complexity index is 496. The smallest absolute Gasteiger partial charge is 0.126 e. The zero-order chi connectivity index (χ0) is 12.3. The van der Waals surface area contributed by atoms with Gasteiger partial charge in [-0.2, -0.15) is 0 Å². The molecule has 17 heavy (non-hydrogen) atoms. The second-order valence-corrected chi connectivity index (χ2v) is 5.09. The van der Waals surface area contributed by atoms with Crippen molar-refractivity contribution in [3.63, 3.8) is 0 Å². The number of rotatable bonds is 4. The molecule has 1 aromatic carbocycles. The van der Waals surface area contributed by atoms with Crippen LogP contribution in [-0.4, -0.2) is 16.9 Å². The Balaban J connectivity index is 2.09. The third-order valence-electron chi connectivity index (χ3n) is 2.80. The molecule has 1 unspecified atom stereocenters. The number of nitrogens with one attached hydrogen (secondary N) is 1. The average molecular weight is 249 g/mol. The van der Waals surface area contributed by atoms with Gasteiger partial charge >= 0.3 is 0 Å². The number of para-hydroxylation sites is 1. The molecule has 1 heterocycles. The summed E-state index contributed by atoms with van der Waals surface area (Å²) >= 11 is 6.19. The van der Waals surface area contributed by atoms with Gasteiger partial charge in [0.15, 0.2) is 0 Å². The van der Waals surface area contributed by atoms with E-state index in [0.29, 0.717) is 5.92 Å². The van der Waals surface area contributed by atoms with Gasteiger partial charge in [0.25, 0.3) is 0 Å². The first-order chi connectivity index (χ1) is 8.16. The summed E-state index contributed by atoms with van der Waals surface area (Å²) < 4.78 is 0. The summed E-state index contributed by atoms with van der Waals surface area (Å²) in [5.41, 5.74) is 1.01. The number of pyridine rings is 1. The van der Waals surface area contributed by atoms with Crippen molar-refractivity contribution in [2.75, 3.05) is 11.9 Å². The highest BCUT2D eigenvalue weighted by molar-refractivity contribution is 6.21. The lowest BCUT2D eigenvalue weighted by atomic mass is 10.1. The summed E-state index contributed by atoms with van der Waals surface area (Å²) in [6, 6.07) is 12.2. The Labute approximate surface area is 107 Å². The summed E-state index contributed by atoms with van der Waals surface area (Å²) in [7, 11) is 0. The van der Waals surface area contributed by atoms with Crippen LogP contribution in [0.25, 0.3) is 10.9 Å². The number of halogens is 1. The molecular formula is C14H17ClN2. The lowest BCUT2D eigenvalue weighted by Crippen LogP contribution is -2.19. The molecular weight excluding hydrogens is 232 g/mol. The minimum atomic E-state index is 0.128. The normalized spacial score (nSPS) is 12.9. The van der Waals surface area contributed by atoms with E-state index in [4.69, 9.17) is 11.6 Å². The van der Waals surface area contributed by atoms with Gasteiger partial charge in [-0.25, -0.2) is 4.98 Å². The van der Waals surface area contributed by atoms with E-state index in [1.807, 2.05) is 24.3 Å². The number of fused-ring (bicyclic) bond motifs is 1. The van der Waals surface area contributed by atoms with Gasteiger partial charge in [0.05, 0.1) is 10.9 Å². The van der Waals surface area contributed by atoms with E-state index in [0.717, 1.165) is 23.3 Å². The maximum Gasteiger partial charge on any atom is 0.126 e. The number of nitrogens with zero attached hydrogens (tertiary/aromatic N) is 1. The van der Waals surface area contributed by atoms with Crippen molar-refractivity contribution >= 4 is 28.3 Å². The lowest BCUT2D eigenvalue weighted by molar-refractivity contribution is 0.616. The number of aromatic nitrogens is 1. The van der Waals surface area contributed by atoms with Gasteiger partial charge in [0, 0.05) is 11.9 Å². The Morgan fingerprint density at radius 3 is 2.71 bits per heavy atom. The fourth-order valence-corrected chi connectivity index (χ4v) is 1.68. The average Bonchev–Trinajstić information content (AvgIpc) is 2.35. The van der Waals surface area contributed by atoms with Crippen LogP contribution in [-0.2, 0) is 0 Å². The van der Waals surface area contributed by atoms with E-state index in [-0.39, 0.29) is 5.38 Å². The molecule has 0 aliphatic rings. The Kier molecular flexibility index (Phi) is 3.85. The van der Waals surface area contributed by atoms with Crippen molar-refractivity contribution < 1.29 is 0 Å². The van der Waals surface area contributed by atoms with Gasteiger partial charge in [-0.1, -0.05) is 32.0 Å². The van der Waals surface area contributed by atoms with Crippen LogP contribution in [0.1, 0.15) is 13.8 Å². The SMILES string of the molecule is CC(C)C(Cl)CNc1ccc2ccccc2n1. The number of hydrogen-bond donors (Lipinski definition) is 1. The number of alkyl halides is 1. The van der Waals surface area contributed by atoms with Crippen LogP contribution in [0.2, 0.25) is 0 Å². The van der Waals surface area contributed by atoms with E-state index in [1.165, 1.54) is 0 Å². The Morgan fingerprint density at radius 2 is 1.94 bits per heavy atom. The topological polar surface area (TPSA) is 24.9 Å². The van der Waals surface area contributed by atoms with Crippen molar-refractivity contribution in [1.29, 1.82) is 0 Å². The predicted molar refractivity (Wildman–Crippen MR) is 74.7 cm³/mol. The molecule has 0 spiro atoms. The molecule has 0 aliphatic carbocycles. The summed E-state index contributed by atoms with van der Waals surface area (Å²) in [6.07, 6.45) is 0. The minimum absolute atomic E-state index is 0.128. The van der Waals surface area contributed by atoms with Crippen LogP contribution in [0.5, 0.6) is 0 Å². The minimum Gasteiger partial charge on any atom is -0.369 e. The van der Waals surface area contributed by atoms with Crippen LogP contribution < -0.4 is 5.32 Å². The monoisotopic (exact) mass is 248 g/mol. The molecule has 2 rings (SSSR count). The molecule has 0 saturated heterocycles. The Morgan fingerprint density at radius 1 is 1.18 bits per heavy atom. The molecule has 1 aromatic heterocycles. The number of benzene rings is 1. The highest BCUT2D eigenvalue weighted by Crippen LogP contribution is 2.16. The third-order valence-corrected chi connectivity index (χ3v) is 3.46. The summed E-state index contributed by atoms with van der Waals surface area (Å²) in [5.74, 6) is 1.35. The molecule has 3 heteroatoms. The van der Waals surface area contributed by atoms with Gasteiger partial charge in [0.1, 0.15) is 5.82 Å². The zero-order valence-electron chi connectivity index (χ0n) is 10.2. The van der Waals surface area contributed by atoms with Crippen LogP contribution in [0, 0.1) is 5.92 Å². The molecule has 1 N–H and O–H groups in total. The first-order valence-electron chi connectivity index (χ1n) is 5.90. The van der Waals surface area contributed by atoms with Crippen LogP contribution in [0.4, 0.5) is 5.82 Å². The quantitative estimate of drug-likeness (QED) is 0.830. The van der Waals surface area contributed by atoms with Crippen LogP contribution >= 0.6 is 11.6 Å². The molecule has 90 valence electrons. The van der Waals surface area contributed by atoms with E-state index >= 15 is 0 Å². The maximum atomic E-state index is 6.19. The van der Waals surface area contributed by atoms with Crippen molar-refractivity contribution in [3.05, 3.63) is 36.4 Å². The summed E-state index contributed by atoms with van der Waals surface area (Å²) in [4.78, 5) is 4.54. The van der Waals surface area contributed by atoms with E-state index in [2.05, 4.69) is 36.3 Å². The summed E-state index contributed by atoms with van der Waals surface area (Å²) in [6.45, 7) is 4.98. The molecule has 0 fully saturated rings. The van der Waals surface area contributed by atoms with Gasteiger partial charge in [-0.15, -0.1) is 11.6 Å². The van der Waals surface area contributed by atoms with Gasteiger partial charge in [-0.05, 0) is 24.1 Å². The molecule has 1 atom stereocenters. The first kappa shape index (κ1) is 12.2.